The quantitative estimate of drug-likeness (QED) is 0.463. The van der Waals surface area contributed by atoms with Crippen molar-refractivity contribution in [3.8, 4) is 0 Å². The number of piperidine rings is 1. The van der Waals surface area contributed by atoms with Crippen LogP contribution in [0.15, 0.2) is 6.20 Å². The monoisotopic (exact) mass is 282 g/mol. The summed E-state index contributed by atoms with van der Waals surface area (Å²) in [7, 11) is 3.23. The Balaban J connectivity index is 2.16. The topological polar surface area (TPSA) is 90.5 Å². The van der Waals surface area contributed by atoms with Gasteiger partial charge in [-0.05, 0) is 32.4 Å². The van der Waals surface area contributed by atoms with Gasteiger partial charge in [0.1, 0.15) is 6.20 Å². The van der Waals surface area contributed by atoms with Gasteiger partial charge in [-0.25, -0.2) is 4.79 Å². The Morgan fingerprint density at radius 1 is 1.65 bits per heavy atom. The summed E-state index contributed by atoms with van der Waals surface area (Å²) < 4.78 is 6.00. The summed E-state index contributed by atoms with van der Waals surface area (Å²) in [6.07, 6.45) is 3.47. The lowest BCUT2D eigenvalue weighted by molar-refractivity contribution is -0.385. The molecule has 20 heavy (non-hydrogen) atoms. The molecule has 0 spiro atoms. The first-order chi connectivity index (χ1) is 9.51. The van der Waals surface area contributed by atoms with Gasteiger partial charge in [-0.2, -0.15) is 5.10 Å². The number of ether oxygens (including phenoxy) is 1. The van der Waals surface area contributed by atoms with Gasteiger partial charge >= 0.3 is 11.7 Å². The van der Waals surface area contributed by atoms with Gasteiger partial charge in [0.25, 0.3) is 0 Å². The molecule has 1 aromatic heterocycles. The molecule has 0 aliphatic carbocycles. The van der Waals surface area contributed by atoms with E-state index in [1.54, 1.807) is 0 Å². The van der Waals surface area contributed by atoms with Crippen molar-refractivity contribution in [2.24, 2.45) is 5.92 Å². The van der Waals surface area contributed by atoms with Crippen LogP contribution in [0.1, 0.15) is 23.3 Å². The molecule has 0 bridgehead atoms. The zero-order chi connectivity index (χ0) is 14.7. The minimum Gasteiger partial charge on any atom is -0.464 e. The highest BCUT2D eigenvalue weighted by atomic mass is 16.6. The molecular weight excluding hydrogens is 264 g/mol. The van der Waals surface area contributed by atoms with E-state index in [2.05, 4.69) is 21.8 Å². The molecular formula is C12H18N4O4. The van der Waals surface area contributed by atoms with Crippen LogP contribution in [-0.4, -0.2) is 52.8 Å². The van der Waals surface area contributed by atoms with Gasteiger partial charge in [-0.1, -0.05) is 0 Å². The van der Waals surface area contributed by atoms with Crippen molar-refractivity contribution in [2.45, 2.75) is 19.4 Å². The van der Waals surface area contributed by atoms with Crippen LogP contribution in [0.5, 0.6) is 0 Å². The second-order valence-corrected chi connectivity index (χ2v) is 5.10. The number of nitrogens with zero attached hydrogens (tertiary/aromatic N) is 4. The fourth-order valence-corrected chi connectivity index (χ4v) is 2.57. The molecule has 1 aliphatic heterocycles. The van der Waals surface area contributed by atoms with Crippen molar-refractivity contribution >= 4 is 11.7 Å². The van der Waals surface area contributed by atoms with Crippen LogP contribution < -0.4 is 0 Å². The highest BCUT2D eigenvalue weighted by Crippen LogP contribution is 2.21. The van der Waals surface area contributed by atoms with Gasteiger partial charge in [0, 0.05) is 13.1 Å². The first-order valence-corrected chi connectivity index (χ1v) is 6.50. The van der Waals surface area contributed by atoms with Gasteiger partial charge in [0.05, 0.1) is 12.0 Å². The minimum atomic E-state index is -0.781. The van der Waals surface area contributed by atoms with Crippen molar-refractivity contribution in [1.29, 1.82) is 0 Å². The predicted molar refractivity (Wildman–Crippen MR) is 70.4 cm³/mol. The molecule has 8 nitrogen and oxygen atoms in total. The third-order valence-corrected chi connectivity index (χ3v) is 3.49. The maximum Gasteiger partial charge on any atom is 0.365 e. The third-order valence-electron chi connectivity index (χ3n) is 3.49. The second-order valence-electron chi connectivity index (χ2n) is 5.10. The lowest BCUT2D eigenvalue weighted by atomic mass is 9.99. The molecule has 1 unspecified atom stereocenters. The molecule has 0 saturated carbocycles. The minimum absolute atomic E-state index is 0.235. The third kappa shape index (κ3) is 3.13. The van der Waals surface area contributed by atoms with Crippen LogP contribution >= 0.6 is 0 Å². The fourth-order valence-electron chi connectivity index (χ4n) is 2.57. The molecule has 1 fully saturated rings. The number of hydrogen-bond donors (Lipinski definition) is 0. The SMILES string of the molecule is COC(=O)c1nn(CC2CCCN(C)C2)cc1[N+](=O)[O-]. The molecule has 1 atom stereocenters. The van der Waals surface area contributed by atoms with E-state index in [0.29, 0.717) is 12.5 Å². The Kier molecular flexibility index (Phi) is 4.33. The Morgan fingerprint density at radius 3 is 3.00 bits per heavy atom. The average molecular weight is 282 g/mol. The number of hydrogen-bond acceptors (Lipinski definition) is 6. The molecule has 0 amide bonds. The number of carbonyl (C=O) groups excluding carboxylic acids is 1. The van der Waals surface area contributed by atoms with E-state index in [0.717, 1.165) is 25.9 Å². The molecule has 2 rings (SSSR count). The van der Waals surface area contributed by atoms with Crippen LogP contribution in [0.2, 0.25) is 0 Å². The van der Waals surface area contributed by atoms with E-state index in [9.17, 15) is 14.9 Å². The lowest BCUT2D eigenvalue weighted by Gasteiger charge is -2.29. The zero-order valence-electron chi connectivity index (χ0n) is 11.6. The zero-order valence-corrected chi connectivity index (χ0v) is 11.6. The standard InChI is InChI=1S/C12H18N4O4/c1-14-5-3-4-9(6-14)7-15-8-10(16(18)19)11(13-15)12(17)20-2/h8-9H,3-7H2,1-2H3. The van der Waals surface area contributed by atoms with Gasteiger partial charge in [0.2, 0.25) is 5.69 Å². The summed E-state index contributed by atoms with van der Waals surface area (Å²) in [4.78, 5) is 24.0. The van der Waals surface area contributed by atoms with Crippen molar-refractivity contribution in [3.63, 3.8) is 0 Å². The molecule has 0 aromatic carbocycles. The molecule has 1 saturated heterocycles. The maximum atomic E-state index is 11.5. The Labute approximate surface area is 116 Å². The molecule has 1 aromatic rings. The Bertz CT molecular complexity index is 514. The van der Waals surface area contributed by atoms with Crippen molar-refractivity contribution in [2.75, 3.05) is 27.2 Å². The van der Waals surface area contributed by atoms with Crippen molar-refractivity contribution in [3.05, 3.63) is 22.0 Å². The van der Waals surface area contributed by atoms with Crippen LogP contribution in [-0.2, 0) is 11.3 Å². The summed E-state index contributed by atoms with van der Waals surface area (Å²) in [5.74, 6) is -0.394. The maximum absolute atomic E-state index is 11.5. The van der Waals surface area contributed by atoms with Gasteiger partial charge in [-0.15, -0.1) is 0 Å². The van der Waals surface area contributed by atoms with E-state index < -0.39 is 10.9 Å². The normalized spacial score (nSPS) is 19.8. The number of methoxy groups -OCH3 is 1. The Hall–Kier alpha value is -1.96. The van der Waals surface area contributed by atoms with E-state index in [-0.39, 0.29) is 11.4 Å². The summed E-state index contributed by atoms with van der Waals surface area (Å²) in [5.41, 5.74) is -0.539. The molecule has 8 heteroatoms. The number of nitro groups is 1. The van der Waals surface area contributed by atoms with E-state index in [1.807, 2.05) is 0 Å². The number of aromatic nitrogens is 2. The fraction of sp³-hybridized carbons (Fsp3) is 0.667. The summed E-state index contributed by atoms with van der Waals surface area (Å²) in [6.45, 7) is 2.58. The Morgan fingerprint density at radius 2 is 2.40 bits per heavy atom. The number of esters is 1. The summed E-state index contributed by atoms with van der Waals surface area (Å²) >= 11 is 0. The smallest absolute Gasteiger partial charge is 0.365 e. The van der Waals surface area contributed by atoms with Gasteiger partial charge in [0.15, 0.2) is 0 Å². The summed E-state index contributed by atoms with van der Waals surface area (Å²) in [6, 6.07) is 0. The van der Waals surface area contributed by atoms with Gasteiger partial charge in [-0.3, -0.25) is 14.8 Å². The molecule has 2 heterocycles. The van der Waals surface area contributed by atoms with Crippen LogP contribution in [0.4, 0.5) is 5.69 Å². The predicted octanol–water partition coefficient (Wildman–Crippen LogP) is 0.920. The summed E-state index contributed by atoms with van der Waals surface area (Å²) in [5, 5.41) is 14.9. The van der Waals surface area contributed by atoms with Gasteiger partial charge < -0.3 is 9.64 Å². The highest BCUT2D eigenvalue weighted by molar-refractivity contribution is 5.91. The van der Waals surface area contributed by atoms with Crippen LogP contribution in [0.25, 0.3) is 0 Å². The van der Waals surface area contributed by atoms with E-state index in [4.69, 9.17) is 0 Å². The van der Waals surface area contributed by atoms with Crippen molar-refractivity contribution in [1.82, 2.24) is 14.7 Å². The first-order valence-electron chi connectivity index (χ1n) is 6.50. The van der Waals surface area contributed by atoms with E-state index >= 15 is 0 Å². The molecule has 1 aliphatic rings. The average Bonchev–Trinajstić information content (AvgIpc) is 2.82. The largest absolute Gasteiger partial charge is 0.464 e. The lowest BCUT2D eigenvalue weighted by Crippen LogP contribution is -2.34. The van der Waals surface area contributed by atoms with Crippen LogP contribution in [0, 0.1) is 16.0 Å². The molecule has 110 valence electrons. The van der Waals surface area contributed by atoms with Crippen LogP contribution in [0.3, 0.4) is 0 Å². The number of carbonyl (C=O) groups is 1. The number of likely N-dealkylation sites (tertiary alicyclic amines) is 1. The molecule has 0 radical (unpaired) electrons. The van der Waals surface area contributed by atoms with E-state index in [1.165, 1.54) is 18.0 Å². The first kappa shape index (κ1) is 14.4. The highest BCUT2D eigenvalue weighted by Gasteiger charge is 2.27. The number of rotatable bonds is 4. The second kappa shape index (κ2) is 6.00. The molecule has 0 N–H and O–H groups in total. The van der Waals surface area contributed by atoms with Crippen molar-refractivity contribution < 1.29 is 14.5 Å².